The molecule has 0 spiro atoms. The summed E-state index contributed by atoms with van der Waals surface area (Å²) < 4.78 is 27.1. The second kappa shape index (κ2) is 5.14. The molecule has 0 heterocycles. The van der Waals surface area contributed by atoms with Crippen molar-refractivity contribution < 1.29 is 8.78 Å². The number of fused-ring (bicyclic) bond motifs is 1. The molecule has 2 aromatic rings. The van der Waals surface area contributed by atoms with Crippen molar-refractivity contribution in [3.8, 4) is 0 Å². The van der Waals surface area contributed by atoms with Crippen molar-refractivity contribution in [1.82, 2.24) is 0 Å². The first kappa shape index (κ1) is 14.1. The fourth-order valence-electron chi connectivity index (χ4n) is 3.16. The molecule has 21 heavy (non-hydrogen) atoms. The molecule has 1 aliphatic rings. The van der Waals surface area contributed by atoms with E-state index in [-0.39, 0.29) is 17.1 Å². The normalized spacial score (nSPS) is 19.9. The molecule has 110 valence electrons. The molecular formula is C18H19F2N. The predicted molar refractivity (Wildman–Crippen MR) is 81.4 cm³/mol. The number of nitrogens with one attached hydrogen (secondary N) is 1. The molecule has 0 bridgehead atoms. The van der Waals surface area contributed by atoms with E-state index < -0.39 is 11.6 Å². The van der Waals surface area contributed by atoms with Gasteiger partial charge in [-0.2, -0.15) is 0 Å². The smallest absolute Gasteiger partial charge is 0.146 e. The van der Waals surface area contributed by atoms with Crippen molar-refractivity contribution in [1.29, 1.82) is 0 Å². The molecule has 0 saturated heterocycles. The molecule has 2 aromatic carbocycles. The summed E-state index contributed by atoms with van der Waals surface area (Å²) in [5.41, 5.74) is 2.81. The summed E-state index contributed by atoms with van der Waals surface area (Å²) in [6, 6.07) is 11.8. The van der Waals surface area contributed by atoms with Crippen LogP contribution >= 0.6 is 0 Å². The zero-order valence-electron chi connectivity index (χ0n) is 12.3. The van der Waals surface area contributed by atoms with Gasteiger partial charge in [-0.25, -0.2) is 8.78 Å². The topological polar surface area (TPSA) is 12.0 Å². The first-order valence-electron chi connectivity index (χ1n) is 7.28. The molecule has 0 fully saturated rings. The Morgan fingerprint density at radius 3 is 2.67 bits per heavy atom. The van der Waals surface area contributed by atoms with Crippen molar-refractivity contribution in [2.75, 3.05) is 5.32 Å². The molecule has 1 nitrogen and oxygen atoms in total. The van der Waals surface area contributed by atoms with Gasteiger partial charge in [0, 0.05) is 0 Å². The number of hydrogen-bond acceptors (Lipinski definition) is 1. The lowest BCUT2D eigenvalue weighted by Gasteiger charge is -2.37. The summed E-state index contributed by atoms with van der Waals surface area (Å²) in [5, 5.41) is 3.17. The molecule has 0 saturated carbocycles. The van der Waals surface area contributed by atoms with Crippen molar-refractivity contribution in [3.05, 3.63) is 65.2 Å². The summed E-state index contributed by atoms with van der Waals surface area (Å²) in [5.74, 6) is -0.845. The van der Waals surface area contributed by atoms with E-state index in [2.05, 4.69) is 31.3 Å². The lowest BCUT2D eigenvalue weighted by Crippen LogP contribution is -2.29. The van der Waals surface area contributed by atoms with Crippen molar-refractivity contribution in [2.24, 2.45) is 0 Å². The molecular weight excluding hydrogens is 268 g/mol. The van der Waals surface area contributed by atoms with E-state index in [1.807, 2.05) is 12.1 Å². The lowest BCUT2D eigenvalue weighted by atomic mass is 9.71. The Morgan fingerprint density at radius 1 is 1.10 bits per heavy atom. The van der Waals surface area contributed by atoms with Crippen LogP contribution in [-0.4, -0.2) is 0 Å². The number of halogens is 2. The van der Waals surface area contributed by atoms with Crippen molar-refractivity contribution in [3.63, 3.8) is 0 Å². The van der Waals surface area contributed by atoms with E-state index >= 15 is 0 Å². The largest absolute Gasteiger partial charge is 0.376 e. The van der Waals surface area contributed by atoms with Gasteiger partial charge in [0.2, 0.25) is 0 Å². The maximum absolute atomic E-state index is 13.8. The Kier molecular flexibility index (Phi) is 3.44. The zero-order valence-corrected chi connectivity index (χ0v) is 12.3. The second-order valence-corrected chi connectivity index (χ2v) is 6.33. The van der Waals surface area contributed by atoms with Gasteiger partial charge < -0.3 is 5.32 Å². The fourth-order valence-corrected chi connectivity index (χ4v) is 3.16. The van der Waals surface area contributed by atoms with E-state index in [1.165, 1.54) is 17.2 Å². The fraction of sp³-hybridized carbons (Fsp3) is 0.333. The molecule has 0 aromatic heterocycles. The van der Waals surface area contributed by atoms with Gasteiger partial charge in [0.15, 0.2) is 0 Å². The van der Waals surface area contributed by atoms with Crippen LogP contribution < -0.4 is 5.32 Å². The minimum absolute atomic E-state index is 0.0190. The molecule has 1 unspecified atom stereocenters. The quantitative estimate of drug-likeness (QED) is 0.801. The number of hydrogen-bond donors (Lipinski definition) is 1. The molecule has 1 atom stereocenters. The zero-order chi connectivity index (χ0) is 15.0. The van der Waals surface area contributed by atoms with Gasteiger partial charge in [-0.05, 0) is 47.6 Å². The van der Waals surface area contributed by atoms with Gasteiger partial charge in [0.25, 0.3) is 0 Å². The van der Waals surface area contributed by atoms with Crippen molar-refractivity contribution in [2.45, 2.75) is 38.1 Å². The number of anilines is 1. The van der Waals surface area contributed by atoms with Crippen LogP contribution in [0.3, 0.4) is 0 Å². The Balaban J connectivity index is 1.96. The van der Waals surface area contributed by atoms with Crippen molar-refractivity contribution >= 4 is 5.69 Å². The molecule has 0 radical (unpaired) electrons. The van der Waals surface area contributed by atoms with Crippen LogP contribution in [0.5, 0.6) is 0 Å². The highest BCUT2D eigenvalue weighted by Gasteiger charge is 2.32. The van der Waals surface area contributed by atoms with Crippen LogP contribution in [0.4, 0.5) is 14.5 Å². The maximum atomic E-state index is 13.8. The third-order valence-corrected chi connectivity index (χ3v) is 4.38. The first-order valence-corrected chi connectivity index (χ1v) is 7.28. The average molecular weight is 287 g/mol. The van der Waals surface area contributed by atoms with Crippen LogP contribution in [0.2, 0.25) is 0 Å². The summed E-state index contributed by atoms with van der Waals surface area (Å²) in [7, 11) is 0. The van der Waals surface area contributed by atoms with Gasteiger partial charge in [-0.3, -0.25) is 0 Å². The third-order valence-electron chi connectivity index (χ3n) is 4.38. The highest BCUT2D eigenvalue weighted by molar-refractivity contribution is 5.49. The minimum Gasteiger partial charge on any atom is -0.376 e. The number of benzene rings is 2. The Bertz CT molecular complexity index is 664. The minimum atomic E-state index is -0.427. The molecule has 1 N–H and O–H groups in total. The van der Waals surface area contributed by atoms with E-state index in [9.17, 15) is 8.78 Å². The van der Waals surface area contributed by atoms with Gasteiger partial charge in [0.1, 0.15) is 11.6 Å². The Labute approximate surface area is 124 Å². The Morgan fingerprint density at radius 2 is 1.86 bits per heavy atom. The molecule has 0 amide bonds. The summed E-state index contributed by atoms with van der Waals surface area (Å²) in [6.45, 7) is 4.45. The Hall–Kier alpha value is -1.90. The predicted octanol–water partition coefficient (Wildman–Crippen LogP) is 5.19. The highest BCUT2D eigenvalue weighted by atomic mass is 19.1. The summed E-state index contributed by atoms with van der Waals surface area (Å²) in [6.07, 6.45) is 1.92. The van der Waals surface area contributed by atoms with Crippen LogP contribution in [-0.2, 0) is 5.41 Å². The second-order valence-electron chi connectivity index (χ2n) is 6.33. The standard InChI is InChI=1S/C18H19F2N/c1-18(2)10-9-16(13-5-3-4-6-14(13)18)21-17-11-12(19)7-8-15(17)20/h3-8,11,16,21H,9-10H2,1-2H3. The van der Waals surface area contributed by atoms with Crippen LogP contribution in [0, 0.1) is 11.6 Å². The molecule has 3 heteroatoms. The lowest BCUT2D eigenvalue weighted by molar-refractivity contribution is 0.405. The van der Waals surface area contributed by atoms with Crippen LogP contribution in [0.15, 0.2) is 42.5 Å². The van der Waals surface area contributed by atoms with Crippen LogP contribution in [0.25, 0.3) is 0 Å². The molecule has 0 aliphatic heterocycles. The van der Waals surface area contributed by atoms with E-state index in [0.717, 1.165) is 25.0 Å². The van der Waals surface area contributed by atoms with E-state index in [1.54, 1.807) is 0 Å². The molecule has 1 aliphatic carbocycles. The van der Waals surface area contributed by atoms with Gasteiger partial charge in [-0.15, -0.1) is 0 Å². The first-order chi connectivity index (χ1) is 9.97. The van der Waals surface area contributed by atoms with Gasteiger partial charge in [-0.1, -0.05) is 38.1 Å². The van der Waals surface area contributed by atoms with E-state index in [4.69, 9.17) is 0 Å². The highest BCUT2D eigenvalue weighted by Crippen LogP contribution is 2.42. The van der Waals surface area contributed by atoms with E-state index in [0.29, 0.717) is 0 Å². The van der Waals surface area contributed by atoms with Gasteiger partial charge >= 0.3 is 0 Å². The molecule has 3 rings (SSSR count). The summed E-state index contributed by atoms with van der Waals surface area (Å²) >= 11 is 0. The maximum Gasteiger partial charge on any atom is 0.146 e. The average Bonchev–Trinajstić information content (AvgIpc) is 2.46. The number of rotatable bonds is 2. The van der Waals surface area contributed by atoms with Gasteiger partial charge in [0.05, 0.1) is 11.7 Å². The van der Waals surface area contributed by atoms with Crippen LogP contribution in [0.1, 0.15) is 43.9 Å². The SMILES string of the molecule is CC1(C)CCC(Nc2cc(F)ccc2F)c2ccccc21. The monoisotopic (exact) mass is 287 g/mol. The third kappa shape index (κ3) is 2.65. The summed E-state index contributed by atoms with van der Waals surface area (Å²) in [4.78, 5) is 0.